The molecule has 0 saturated carbocycles. The minimum atomic E-state index is -0.130. The number of ether oxygens (including phenoxy) is 2. The average Bonchev–Trinajstić information content (AvgIpc) is 2.72. The lowest BCUT2D eigenvalue weighted by molar-refractivity contribution is 0.201. The summed E-state index contributed by atoms with van der Waals surface area (Å²) in [6.45, 7) is 7.42. The highest BCUT2D eigenvalue weighted by Gasteiger charge is 2.35. The van der Waals surface area contributed by atoms with E-state index in [4.69, 9.17) is 19.7 Å². The maximum Gasteiger partial charge on any atom is 0.119 e. The molecule has 0 aliphatic rings. The van der Waals surface area contributed by atoms with E-state index in [1.807, 2.05) is 24.3 Å². The summed E-state index contributed by atoms with van der Waals surface area (Å²) in [5.74, 6) is 2.03. The fourth-order valence-electron chi connectivity index (χ4n) is 3.87. The van der Waals surface area contributed by atoms with Gasteiger partial charge in [-0.15, -0.1) is 0 Å². The summed E-state index contributed by atoms with van der Waals surface area (Å²) in [4.78, 5) is 0. The highest BCUT2D eigenvalue weighted by molar-refractivity contribution is 5.43. The van der Waals surface area contributed by atoms with Gasteiger partial charge in [-0.1, -0.05) is 57.9 Å². The molecule has 0 aromatic heterocycles. The zero-order valence-corrected chi connectivity index (χ0v) is 16.6. The van der Waals surface area contributed by atoms with Gasteiger partial charge in [-0.2, -0.15) is 0 Å². The van der Waals surface area contributed by atoms with Crippen LogP contribution >= 0.6 is 0 Å². The molecule has 0 radical (unpaired) electrons. The number of rotatable bonds is 11. The minimum absolute atomic E-state index is 0.0118. The smallest absolute Gasteiger partial charge is 0.119 e. The Morgan fingerprint density at radius 1 is 0.741 bits per heavy atom. The lowest BCUT2D eigenvalue weighted by atomic mass is 9.65. The Morgan fingerprint density at radius 3 is 1.41 bits per heavy atom. The summed E-state index contributed by atoms with van der Waals surface area (Å²) in [6.07, 6.45) is 2.16. The number of hydrogen-bond donors (Lipinski definition) is 2. The largest absolute Gasteiger partial charge is 0.491 e. The Kier molecular flexibility index (Phi) is 8.14. The summed E-state index contributed by atoms with van der Waals surface area (Å²) in [7, 11) is 0. The van der Waals surface area contributed by atoms with Gasteiger partial charge in [-0.25, -0.2) is 0 Å². The predicted molar refractivity (Wildman–Crippen MR) is 109 cm³/mol. The molecule has 0 unspecified atom stereocenters. The van der Waals surface area contributed by atoms with Gasteiger partial charge in [0.25, 0.3) is 0 Å². The summed E-state index contributed by atoms with van der Waals surface area (Å²) in [5, 5.41) is 17.8. The SMILES string of the molecule is CCC(CC)C(C)(c1ccc(OCCO)cc1)c1ccc(OCCO)cc1. The van der Waals surface area contributed by atoms with Crippen molar-refractivity contribution >= 4 is 0 Å². The van der Waals surface area contributed by atoms with Gasteiger partial charge in [0.1, 0.15) is 24.7 Å². The van der Waals surface area contributed by atoms with Crippen LogP contribution in [-0.2, 0) is 5.41 Å². The van der Waals surface area contributed by atoms with Crippen LogP contribution in [0.5, 0.6) is 11.5 Å². The number of benzene rings is 2. The van der Waals surface area contributed by atoms with E-state index in [-0.39, 0.29) is 18.6 Å². The second kappa shape index (κ2) is 10.3. The lowest BCUT2D eigenvalue weighted by Gasteiger charge is -2.38. The van der Waals surface area contributed by atoms with E-state index in [1.54, 1.807) is 0 Å². The van der Waals surface area contributed by atoms with Crippen molar-refractivity contribution in [2.24, 2.45) is 5.92 Å². The van der Waals surface area contributed by atoms with Crippen LogP contribution in [-0.4, -0.2) is 36.6 Å². The van der Waals surface area contributed by atoms with Crippen molar-refractivity contribution in [3.8, 4) is 11.5 Å². The van der Waals surface area contributed by atoms with E-state index < -0.39 is 0 Å². The standard InChI is InChI=1S/C23H32O4/c1-4-18(5-2)23(3,19-6-10-21(11-7-19)26-16-14-24)20-8-12-22(13-9-20)27-17-15-25/h6-13,18,24-25H,4-5,14-17H2,1-3H3. The molecule has 0 saturated heterocycles. The van der Waals surface area contributed by atoms with E-state index in [9.17, 15) is 0 Å². The molecule has 2 N–H and O–H groups in total. The molecule has 0 fully saturated rings. The van der Waals surface area contributed by atoms with Crippen LogP contribution < -0.4 is 9.47 Å². The molecular weight excluding hydrogens is 340 g/mol. The minimum Gasteiger partial charge on any atom is -0.491 e. The molecule has 0 spiro atoms. The molecule has 2 aromatic carbocycles. The zero-order valence-electron chi connectivity index (χ0n) is 16.6. The maximum absolute atomic E-state index is 8.92. The summed E-state index contributed by atoms with van der Waals surface area (Å²) >= 11 is 0. The molecule has 0 heterocycles. The first-order valence-corrected chi connectivity index (χ1v) is 9.78. The van der Waals surface area contributed by atoms with E-state index in [1.165, 1.54) is 11.1 Å². The summed E-state index contributed by atoms with van der Waals surface area (Å²) < 4.78 is 11.0. The first-order chi connectivity index (χ1) is 13.1. The van der Waals surface area contributed by atoms with E-state index in [0.717, 1.165) is 24.3 Å². The molecule has 0 bridgehead atoms. The van der Waals surface area contributed by atoms with Crippen LogP contribution in [0.1, 0.15) is 44.7 Å². The van der Waals surface area contributed by atoms with Crippen LogP contribution in [0.25, 0.3) is 0 Å². The monoisotopic (exact) mass is 372 g/mol. The van der Waals surface area contributed by atoms with Crippen LogP contribution in [0.3, 0.4) is 0 Å². The van der Waals surface area contributed by atoms with E-state index >= 15 is 0 Å². The summed E-state index contributed by atoms with van der Waals surface area (Å²) in [6, 6.07) is 16.4. The first-order valence-electron chi connectivity index (χ1n) is 9.78. The second-order valence-electron chi connectivity index (χ2n) is 6.91. The maximum atomic E-state index is 8.92. The number of aliphatic hydroxyl groups excluding tert-OH is 2. The van der Waals surface area contributed by atoms with Crippen molar-refractivity contribution in [2.45, 2.75) is 39.0 Å². The predicted octanol–water partition coefficient (Wildman–Crippen LogP) is 4.17. The van der Waals surface area contributed by atoms with Gasteiger partial charge in [0.15, 0.2) is 0 Å². The van der Waals surface area contributed by atoms with Gasteiger partial charge in [0, 0.05) is 5.41 Å². The number of aliphatic hydroxyl groups is 2. The van der Waals surface area contributed by atoms with Crippen LogP contribution in [0.2, 0.25) is 0 Å². The molecule has 0 aliphatic heterocycles. The molecule has 4 heteroatoms. The highest BCUT2D eigenvalue weighted by Crippen LogP contribution is 2.43. The Bertz CT molecular complexity index is 608. The van der Waals surface area contributed by atoms with Crippen molar-refractivity contribution in [2.75, 3.05) is 26.4 Å². The zero-order chi connectivity index (χ0) is 19.7. The van der Waals surface area contributed by atoms with Gasteiger partial charge >= 0.3 is 0 Å². The van der Waals surface area contributed by atoms with Gasteiger partial charge in [0.05, 0.1) is 13.2 Å². The van der Waals surface area contributed by atoms with Gasteiger partial charge in [0.2, 0.25) is 0 Å². The first kappa shape index (κ1) is 21.3. The Morgan fingerprint density at radius 2 is 1.11 bits per heavy atom. The van der Waals surface area contributed by atoms with Crippen LogP contribution in [0.4, 0.5) is 0 Å². The van der Waals surface area contributed by atoms with Crippen molar-refractivity contribution in [1.82, 2.24) is 0 Å². The van der Waals surface area contributed by atoms with Crippen molar-refractivity contribution < 1.29 is 19.7 Å². The van der Waals surface area contributed by atoms with E-state index in [0.29, 0.717) is 19.1 Å². The third-order valence-corrected chi connectivity index (χ3v) is 5.43. The Balaban J connectivity index is 2.37. The third kappa shape index (κ3) is 5.02. The van der Waals surface area contributed by atoms with Gasteiger partial charge < -0.3 is 19.7 Å². The fourth-order valence-corrected chi connectivity index (χ4v) is 3.87. The Labute approximate surface area is 162 Å². The van der Waals surface area contributed by atoms with Gasteiger partial charge in [-0.3, -0.25) is 0 Å². The molecular formula is C23H32O4. The van der Waals surface area contributed by atoms with Crippen molar-refractivity contribution in [1.29, 1.82) is 0 Å². The second-order valence-corrected chi connectivity index (χ2v) is 6.91. The van der Waals surface area contributed by atoms with Gasteiger partial charge in [-0.05, 0) is 41.3 Å². The lowest BCUT2D eigenvalue weighted by Crippen LogP contribution is -2.33. The van der Waals surface area contributed by atoms with Crippen LogP contribution in [0.15, 0.2) is 48.5 Å². The molecule has 0 amide bonds. The molecule has 148 valence electrons. The topological polar surface area (TPSA) is 58.9 Å². The third-order valence-electron chi connectivity index (χ3n) is 5.43. The highest BCUT2D eigenvalue weighted by atomic mass is 16.5. The number of hydrogen-bond acceptors (Lipinski definition) is 4. The normalized spacial score (nSPS) is 11.6. The molecule has 27 heavy (non-hydrogen) atoms. The molecule has 2 aromatic rings. The fraction of sp³-hybridized carbons (Fsp3) is 0.478. The van der Waals surface area contributed by atoms with Crippen molar-refractivity contribution in [3.05, 3.63) is 59.7 Å². The molecule has 0 aliphatic carbocycles. The Hall–Kier alpha value is -2.04. The molecule has 2 rings (SSSR count). The average molecular weight is 373 g/mol. The quantitative estimate of drug-likeness (QED) is 0.621. The van der Waals surface area contributed by atoms with Crippen LogP contribution in [0, 0.1) is 5.92 Å². The van der Waals surface area contributed by atoms with Crippen molar-refractivity contribution in [3.63, 3.8) is 0 Å². The summed E-state index contributed by atoms with van der Waals surface area (Å²) in [5.41, 5.74) is 2.36. The molecule has 4 nitrogen and oxygen atoms in total. The van der Waals surface area contributed by atoms with E-state index in [2.05, 4.69) is 45.0 Å². The molecule has 0 atom stereocenters.